The van der Waals surface area contributed by atoms with E-state index in [2.05, 4.69) is 5.09 Å². The molecule has 28 heavy (non-hydrogen) atoms. The molecule has 0 bridgehead atoms. The monoisotopic (exact) mass is 481 g/mol. The van der Waals surface area contributed by atoms with Gasteiger partial charge in [-0.3, -0.25) is 4.79 Å². The summed E-state index contributed by atoms with van der Waals surface area (Å²) in [5.74, 6) is -0.181. The van der Waals surface area contributed by atoms with E-state index in [-0.39, 0.29) is 21.2 Å². The molecule has 2 aromatic rings. The minimum absolute atomic E-state index is 0.257. The number of carbonyl (C=O) groups is 1. The van der Waals surface area contributed by atoms with Gasteiger partial charge in [-0.2, -0.15) is 0 Å². The first kappa shape index (κ1) is 23.4. The molecule has 10 heteroatoms. The van der Waals surface area contributed by atoms with Crippen molar-refractivity contribution in [2.45, 2.75) is 37.8 Å². The van der Waals surface area contributed by atoms with Crippen molar-refractivity contribution in [2.75, 3.05) is 0 Å². The van der Waals surface area contributed by atoms with Crippen LogP contribution in [0.5, 0.6) is 5.75 Å². The highest BCUT2D eigenvalue weighted by Gasteiger charge is 2.33. The van der Waals surface area contributed by atoms with Gasteiger partial charge in [0.15, 0.2) is 0 Å². The zero-order chi connectivity index (χ0) is 20.9. The first-order valence-corrected chi connectivity index (χ1v) is 12.4. The highest BCUT2D eigenvalue weighted by atomic mass is 35.5. The van der Waals surface area contributed by atoms with E-state index in [4.69, 9.17) is 44.1 Å². The van der Waals surface area contributed by atoms with Crippen molar-refractivity contribution in [2.24, 2.45) is 0 Å². The zero-order valence-corrected chi connectivity index (χ0v) is 19.3. The fraction of sp³-hybridized carbons (Fsp3) is 0.278. The number of carbonyl (C=O) groups excluding carboxylic acids is 1. The molecule has 2 aromatic carbocycles. The van der Waals surface area contributed by atoms with Crippen LogP contribution in [0.3, 0.4) is 0 Å². The summed E-state index contributed by atoms with van der Waals surface area (Å²) < 4.78 is 24.5. The summed E-state index contributed by atoms with van der Waals surface area (Å²) in [7, 11) is 0. The van der Waals surface area contributed by atoms with Crippen LogP contribution in [-0.2, 0) is 14.1 Å². The van der Waals surface area contributed by atoms with Gasteiger partial charge >= 0.3 is 12.7 Å². The van der Waals surface area contributed by atoms with Crippen LogP contribution in [-0.4, -0.2) is 18.1 Å². The highest BCUT2D eigenvalue weighted by Crippen LogP contribution is 2.61. The van der Waals surface area contributed by atoms with Crippen LogP contribution in [0, 0.1) is 0 Å². The molecule has 0 heterocycles. The third-order valence-electron chi connectivity index (χ3n) is 3.22. The summed E-state index contributed by atoms with van der Waals surface area (Å²) in [5, 5.41) is 3.53. The van der Waals surface area contributed by atoms with E-state index >= 15 is 0 Å². The summed E-state index contributed by atoms with van der Waals surface area (Å²) in [6, 6.07) is 10.7. The van der Waals surface area contributed by atoms with Gasteiger partial charge in [0.1, 0.15) is 11.8 Å². The molecular weight excluding hydrogens is 464 g/mol. The van der Waals surface area contributed by atoms with Crippen molar-refractivity contribution in [3.63, 3.8) is 0 Å². The van der Waals surface area contributed by atoms with Gasteiger partial charge in [0.2, 0.25) is 0 Å². The minimum atomic E-state index is -3.70. The molecular formula is C18H19Cl3NO4PS. The first-order valence-electron chi connectivity index (χ1n) is 8.27. The van der Waals surface area contributed by atoms with Gasteiger partial charge in [-0.15, -0.1) is 0 Å². The molecule has 0 fully saturated rings. The van der Waals surface area contributed by atoms with Crippen molar-refractivity contribution in [1.82, 2.24) is 5.09 Å². The van der Waals surface area contributed by atoms with Gasteiger partial charge in [0.25, 0.3) is 0 Å². The van der Waals surface area contributed by atoms with Crippen LogP contribution in [0.4, 0.5) is 0 Å². The van der Waals surface area contributed by atoms with Gasteiger partial charge in [0.05, 0.1) is 21.2 Å². The van der Waals surface area contributed by atoms with Crippen molar-refractivity contribution < 1.29 is 18.6 Å². The number of ether oxygens (including phenoxy) is 1. The van der Waals surface area contributed by atoms with Gasteiger partial charge in [-0.1, -0.05) is 53.0 Å². The molecule has 0 unspecified atom stereocenters. The predicted molar refractivity (Wildman–Crippen MR) is 116 cm³/mol. The summed E-state index contributed by atoms with van der Waals surface area (Å²) >= 11 is 19.1. The number of para-hydroxylation sites is 1. The van der Waals surface area contributed by atoms with Crippen LogP contribution in [0.2, 0.25) is 15.1 Å². The molecule has 0 aliphatic heterocycles. The van der Waals surface area contributed by atoms with Crippen molar-refractivity contribution in [3.8, 4) is 5.75 Å². The summed E-state index contributed by atoms with van der Waals surface area (Å²) in [4.78, 5) is 12.6. The van der Waals surface area contributed by atoms with E-state index in [1.807, 2.05) is 0 Å². The van der Waals surface area contributed by atoms with Crippen LogP contribution in [0.15, 0.2) is 47.4 Å². The fourth-order valence-electron chi connectivity index (χ4n) is 2.02. The highest BCUT2D eigenvalue weighted by molar-refractivity contribution is 8.56. The van der Waals surface area contributed by atoms with Gasteiger partial charge in [-0.25, -0.2) is 9.65 Å². The Balaban J connectivity index is 2.32. The Morgan fingerprint density at radius 3 is 2.25 bits per heavy atom. The molecule has 0 aromatic heterocycles. The number of hydrogen-bond donors (Lipinski definition) is 1. The molecule has 0 radical (unpaired) electrons. The SMILES string of the molecule is CC(C)OC(=O)[C@H](C)N[P@](=O)(Oc1ccccc1)Sc1cc(Cl)c(Cl)cc1Cl. The maximum atomic E-state index is 13.6. The Bertz CT molecular complexity index is 883. The number of esters is 1. The van der Waals surface area contributed by atoms with Crippen LogP contribution < -0.4 is 9.61 Å². The van der Waals surface area contributed by atoms with E-state index in [1.54, 1.807) is 51.1 Å². The Morgan fingerprint density at radius 2 is 1.64 bits per heavy atom. The molecule has 0 spiro atoms. The number of hydrogen-bond acceptors (Lipinski definition) is 5. The van der Waals surface area contributed by atoms with Crippen LogP contribution in [0.25, 0.3) is 0 Å². The smallest absolute Gasteiger partial charge is 0.379 e. The molecule has 5 nitrogen and oxygen atoms in total. The molecule has 2 rings (SSSR count). The quantitative estimate of drug-likeness (QED) is 0.252. The standard InChI is InChI=1S/C18H19Cl3NO4PS/c1-11(2)25-18(23)12(3)22-27(24,26-13-7-5-4-6-8-13)28-17-10-15(20)14(19)9-16(17)21/h4-12H,1-3H3,(H,22,24)/t12-,27-/m0/s1. The number of halogens is 3. The van der Waals surface area contributed by atoms with Crippen molar-refractivity contribution in [3.05, 3.63) is 57.5 Å². The maximum absolute atomic E-state index is 13.6. The summed E-state index contributed by atoms with van der Waals surface area (Å²) in [6.07, 6.45) is -0.302. The number of nitrogens with one attached hydrogen (secondary N) is 1. The zero-order valence-electron chi connectivity index (χ0n) is 15.3. The molecule has 152 valence electrons. The van der Waals surface area contributed by atoms with Crippen LogP contribution >= 0.6 is 52.9 Å². The first-order chi connectivity index (χ1) is 13.1. The molecule has 0 aliphatic rings. The Labute approximate surface area is 183 Å². The summed E-state index contributed by atoms with van der Waals surface area (Å²) in [5.41, 5.74) is 0. The third-order valence-corrected chi connectivity index (χ3v) is 8.15. The van der Waals surface area contributed by atoms with E-state index in [9.17, 15) is 9.36 Å². The third kappa shape index (κ3) is 6.87. The Hall–Kier alpha value is -0.880. The van der Waals surface area contributed by atoms with Gasteiger partial charge < -0.3 is 9.26 Å². The summed E-state index contributed by atoms with van der Waals surface area (Å²) in [6.45, 7) is 1.31. The minimum Gasteiger partial charge on any atom is -0.462 e. The molecule has 0 amide bonds. The molecule has 2 atom stereocenters. The molecule has 0 saturated carbocycles. The lowest BCUT2D eigenvalue weighted by Gasteiger charge is -2.23. The predicted octanol–water partition coefficient (Wildman–Crippen LogP) is 6.86. The second-order valence-electron chi connectivity index (χ2n) is 6.03. The Morgan fingerprint density at radius 1 is 1.04 bits per heavy atom. The van der Waals surface area contributed by atoms with Gasteiger partial charge in [-0.05, 0) is 56.4 Å². The molecule has 0 aliphatic carbocycles. The largest absolute Gasteiger partial charge is 0.462 e. The number of benzene rings is 2. The Kier molecular flexibility index (Phi) is 8.56. The maximum Gasteiger partial charge on any atom is 0.379 e. The van der Waals surface area contributed by atoms with Crippen LogP contribution in [0.1, 0.15) is 20.8 Å². The lowest BCUT2D eigenvalue weighted by Crippen LogP contribution is -2.35. The average molecular weight is 483 g/mol. The average Bonchev–Trinajstić information content (AvgIpc) is 2.59. The number of rotatable bonds is 8. The molecule has 1 N–H and O–H groups in total. The fourth-order valence-corrected chi connectivity index (χ4v) is 6.84. The normalized spacial score (nSPS) is 14.4. The van der Waals surface area contributed by atoms with Gasteiger partial charge in [0, 0.05) is 4.90 Å². The van der Waals surface area contributed by atoms with E-state index in [1.165, 1.54) is 12.1 Å². The lowest BCUT2D eigenvalue weighted by molar-refractivity contribution is -0.148. The second-order valence-corrected chi connectivity index (χ2v) is 11.3. The lowest BCUT2D eigenvalue weighted by atomic mass is 10.3. The molecule has 0 saturated heterocycles. The second kappa shape index (κ2) is 10.2. The van der Waals surface area contributed by atoms with E-state index in [0.29, 0.717) is 10.6 Å². The van der Waals surface area contributed by atoms with Crippen molar-refractivity contribution in [1.29, 1.82) is 0 Å². The van der Waals surface area contributed by atoms with E-state index in [0.717, 1.165) is 11.4 Å². The topological polar surface area (TPSA) is 64.6 Å². The van der Waals surface area contributed by atoms with E-state index < -0.39 is 18.7 Å². The van der Waals surface area contributed by atoms with Crippen molar-refractivity contribution >= 4 is 58.9 Å².